The average Bonchev–Trinajstić information content (AvgIpc) is 2.43. The summed E-state index contributed by atoms with van der Waals surface area (Å²) in [7, 11) is 4.44. The van der Waals surface area contributed by atoms with Gasteiger partial charge in [-0.15, -0.1) is 0 Å². The van der Waals surface area contributed by atoms with Gasteiger partial charge < -0.3 is 21.9 Å². The molecule has 0 bridgehead atoms. The topological polar surface area (TPSA) is 4.44 Å². The first-order chi connectivity index (χ1) is 9.77. The molecule has 0 aliphatic rings. The fourth-order valence-electron chi connectivity index (χ4n) is 2.53. The van der Waals surface area contributed by atoms with E-state index in [1.54, 1.807) is 4.90 Å². The third-order valence-electron chi connectivity index (χ3n) is 3.95. The van der Waals surface area contributed by atoms with Crippen molar-refractivity contribution in [3.8, 4) is 0 Å². The van der Waals surface area contributed by atoms with Crippen LogP contribution in [0.15, 0.2) is 12.2 Å². The molecule has 21 heavy (non-hydrogen) atoms. The quantitative estimate of drug-likeness (QED) is 0.335. The number of unbranched alkanes of at least 4 members (excludes halogenated alkanes) is 11. The summed E-state index contributed by atoms with van der Waals surface area (Å²) in [6.45, 7) is 3.55. The molecule has 0 aromatic rings. The van der Waals surface area contributed by atoms with E-state index in [1.165, 1.54) is 90.0 Å². The highest BCUT2D eigenvalue weighted by Gasteiger charge is 1.92. The van der Waals surface area contributed by atoms with Crippen molar-refractivity contribution in [1.29, 1.82) is 0 Å². The molecule has 0 amide bonds. The molecule has 0 aliphatic carbocycles. The van der Waals surface area contributed by atoms with E-state index in [0.717, 1.165) is 0 Å². The van der Waals surface area contributed by atoms with Crippen molar-refractivity contribution < 1.29 is 21.9 Å². The first-order valence-electron chi connectivity index (χ1n) is 9.21. The second-order valence-corrected chi connectivity index (χ2v) is 6.54. The zero-order chi connectivity index (χ0) is 14.9. The van der Waals surface area contributed by atoms with Gasteiger partial charge in [-0.2, -0.15) is 0 Å². The van der Waals surface area contributed by atoms with Gasteiger partial charge in [0.05, 0.1) is 20.6 Å². The van der Waals surface area contributed by atoms with Crippen molar-refractivity contribution in [3.63, 3.8) is 0 Å². The predicted octanol–water partition coefficient (Wildman–Crippen LogP) is 1.78. The molecule has 0 heterocycles. The SMILES string of the molecule is CCCCCCCCCCCCC/C=C/CC[NH+](C)C.[Br-]. The Kier molecular flexibility index (Phi) is 22.5. The normalized spacial score (nSPS) is 11.2. The summed E-state index contributed by atoms with van der Waals surface area (Å²) in [6, 6.07) is 0. The summed E-state index contributed by atoms with van der Waals surface area (Å²) < 4.78 is 0. The Labute approximate surface area is 145 Å². The molecule has 1 N–H and O–H groups in total. The summed E-state index contributed by atoms with van der Waals surface area (Å²) in [6.07, 6.45) is 23.1. The van der Waals surface area contributed by atoms with E-state index in [-0.39, 0.29) is 17.0 Å². The number of halogens is 1. The van der Waals surface area contributed by atoms with E-state index in [4.69, 9.17) is 0 Å². The lowest BCUT2D eigenvalue weighted by atomic mass is 10.1. The third kappa shape index (κ3) is 22.6. The minimum Gasteiger partial charge on any atom is -1.00 e. The maximum absolute atomic E-state index is 2.39. The molecular weight excluding hydrogens is 322 g/mol. The highest BCUT2D eigenvalue weighted by atomic mass is 79.9. The van der Waals surface area contributed by atoms with Crippen LogP contribution in [0, 0.1) is 0 Å². The Balaban J connectivity index is 0. The Hall–Kier alpha value is 0.180. The van der Waals surface area contributed by atoms with Gasteiger partial charge in [-0.3, -0.25) is 0 Å². The van der Waals surface area contributed by atoms with Crippen LogP contribution < -0.4 is 21.9 Å². The van der Waals surface area contributed by atoms with Crippen LogP contribution in [-0.4, -0.2) is 20.6 Å². The molecule has 0 fully saturated rings. The van der Waals surface area contributed by atoms with Crippen molar-refractivity contribution in [2.24, 2.45) is 0 Å². The van der Waals surface area contributed by atoms with Gasteiger partial charge in [-0.1, -0.05) is 83.3 Å². The number of hydrogen-bond donors (Lipinski definition) is 1. The Morgan fingerprint density at radius 3 is 1.52 bits per heavy atom. The minimum atomic E-state index is 0. The van der Waals surface area contributed by atoms with Crippen LogP contribution in [0.4, 0.5) is 0 Å². The minimum absolute atomic E-state index is 0. The van der Waals surface area contributed by atoms with Crippen LogP contribution in [0.5, 0.6) is 0 Å². The van der Waals surface area contributed by atoms with E-state index in [1.807, 2.05) is 0 Å². The fourth-order valence-corrected chi connectivity index (χ4v) is 2.53. The molecule has 0 spiro atoms. The van der Waals surface area contributed by atoms with Crippen LogP contribution in [0.3, 0.4) is 0 Å². The van der Waals surface area contributed by atoms with E-state index < -0.39 is 0 Å². The van der Waals surface area contributed by atoms with Crippen molar-refractivity contribution in [2.75, 3.05) is 20.6 Å². The Morgan fingerprint density at radius 1 is 0.619 bits per heavy atom. The number of nitrogens with one attached hydrogen (secondary N) is 1. The molecule has 0 saturated carbocycles. The van der Waals surface area contributed by atoms with E-state index in [2.05, 4.69) is 33.2 Å². The first kappa shape index (κ1) is 23.4. The molecule has 1 nitrogen and oxygen atoms in total. The summed E-state index contributed by atoms with van der Waals surface area (Å²) >= 11 is 0. The smallest absolute Gasteiger partial charge is 0.0801 e. The molecule has 0 rings (SSSR count). The number of allylic oxidation sites excluding steroid dienone is 1. The molecule has 128 valence electrons. The maximum atomic E-state index is 2.39. The molecule has 0 atom stereocenters. The standard InChI is InChI=1S/C19H39N.BrH/c1-4-5-6-7-8-9-10-11-12-13-14-15-16-17-18-19-20(2)3;/h16-17H,4-15,18-19H2,1-3H3;1H/b17-16+;. The van der Waals surface area contributed by atoms with Gasteiger partial charge >= 0.3 is 0 Å². The highest BCUT2D eigenvalue weighted by Crippen LogP contribution is 2.11. The maximum Gasteiger partial charge on any atom is 0.0801 e. The average molecular weight is 362 g/mol. The third-order valence-corrected chi connectivity index (χ3v) is 3.95. The molecule has 0 aromatic carbocycles. The molecular formula is C19H40BrN. The number of hydrogen-bond acceptors (Lipinski definition) is 0. The molecule has 0 radical (unpaired) electrons. The zero-order valence-electron chi connectivity index (χ0n) is 14.9. The van der Waals surface area contributed by atoms with Gasteiger partial charge in [0.2, 0.25) is 0 Å². The number of rotatable bonds is 15. The summed E-state index contributed by atoms with van der Waals surface area (Å²) in [5, 5.41) is 0. The zero-order valence-corrected chi connectivity index (χ0v) is 16.5. The fraction of sp³-hybridized carbons (Fsp3) is 0.895. The number of quaternary nitrogens is 1. The largest absolute Gasteiger partial charge is 1.00 e. The van der Waals surface area contributed by atoms with Crippen molar-refractivity contribution >= 4 is 0 Å². The van der Waals surface area contributed by atoms with E-state index in [9.17, 15) is 0 Å². The summed E-state index contributed by atoms with van der Waals surface area (Å²) in [5.74, 6) is 0. The molecule has 2 heteroatoms. The Bertz CT molecular complexity index is 202. The Morgan fingerprint density at radius 2 is 1.05 bits per heavy atom. The molecule has 0 aliphatic heterocycles. The molecule has 0 saturated heterocycles. The van der Waals surface area contributed by atoms with Crippen LogP contribution in [0.2, 0.25) is 0 Å². The predicted molar refractivity (Wildman–Crippen MR) is 92.5 cm³/mol. The van der Waals surface area contributed by atoms with Crippen molar-refractivity contribution in [1.82, 2.24) is 0 Å². The van der Waals surface area contributed by atoms with E-state index in [0.29, 0.717) is 0 Å². The lowest BCUT2D eigenvalue weighted by Gasteiger charge is -2.03. The second-order valence-electron chi connectivity index (χ2n) is 6.54. The van der Waals surface area contributed by atoms with Gasteiger partial charge in [0, 0.05) is 6.42 Å². The van der Waals surface area contributed by atoms with Gasteiger partial charge in [-0.05, 0) is 12.8 Å². The van der Waals surface area contributed by atoms with Crippen LogP contribution in [-0.2, 0) is 0 Å². The first-order valence-corrected chi connectivity index (χ1v) is 9.21. The lowest BCUT2D eigenvalue weighted by Crippen LogP contribution is -3.05. The van der Waals surface area contributed by atoms with E-state index >= 15 is 0 Å². The lowest BCUT2D eigenvalue weighted by molar-refractivity contribution is -0.857. The van der Waals surface area contributed by atoms with Crippen molar-refractivity contribution in [2.45, 2.75) is 90.4 Å². The van der Waals surface area contributed by atoms with Crippen molar-refractivity contribution in [3.05, 3.63) is 12.2 Å². The van der Waals surface area contributed by atoms with Gasteiger partial charge in [0.1, 0.15) is 0 Å². The molecule has 0 unspecified atom stereocenters. The summed E-state index contributed by atoms with van der Waals surface area (Å²) in [4.78, 5) is 1.55. The molecule has 0 aromatic heterocycles. The van der Waals surface area contributed by atoms with Crippen LogP contribution in [0.1, 0.15) is 90.4 Å². The van der Waals surface area contributed by atoms with Gasteiger partial charge in [0.15, 0.2) is 0 Å². The van der Waals surface area contributed by atoms with Gasteiger partial charge in [-0.25, -0.2) is 0 Å². The summed E-state index contributed by atoms with van der Waals surface area (Å²) in [5.41, 5.74) is 0. The second kappa shape index (κ2) is 20.2. The highest BCUT2D eigenvalue weighted by molar-refractivity contribution is 4.80. The van der Waals surface area contributed by atoms with Crippen LogP contribution in [0.25, 0.3) is 0 Å². The van der Waals surface area contributed by atoms with Crippen LogP contribution >= 0.6 is 0 Å². The van der Waals surface area contributed by atoms with Gasteiger partial charge in [0.25, 0.3) is 0 Å². The monoisotopic (exact) mass is 361 g/mol.